The Hall–Kier alpha value is -1.69. The lowest BCUT2D eigenvalue weighted by Crippen LogP contribution is -2.43. The molecule has 6 heteroatoms. The van der Waals surface area contributed by atoms with Crippen molar-refractivity contribution in [2.45, 2.75) is 19.9 Å². The summed E-state index contributed by atoms with van der Waals surface area (Å²) in [4.78, 5) is 36.7. The third kappa shape index (κ3) is 2.28. The van der Waals surface area contributed by atoms with Gasteiger partial charge in [-0.3, -0.25) is 14.5 Å². The Morgan fingerprint density at radius 3 is 2.74 bits per heavy atom. The Morgan fingerprint density at radius 2 is 2.11 bits per heavy atom. The minimum atomic E-state index is -0.827. The molecule has 0 saturated heterocycles. The Kier molecular flexibility index (Phi) is 3.71. The maximum atomic E-state index is 12.0. The van der Waals surface area contributed by atoms with Gasteiger partial charge < -0.3 is 4.74 Å². The molecule has 19 heavy (non-hydrogen) atoms. The van der Waals surface area contributed by atoms with Crippen molar-refractivity contribution in [3.63, 3.8) is 0 Å². The topological polar surface area (TPSA) is 63.7 Å². The first kappa shape index (κ1) is 13.7. The van der Waals surface area contributed by atoms with Crippen LogP contribution in [-0.4, -0.2) is 30.3 Å². The largest absolute Gasteiger partial charge is 0.464 e. The van der Waals surface area contributed by atoms with E-state index in [1.54, 1.807) is 32.0 Å². The summed E-state index contributed by atoms with van der Waals surface area (Å²) in [6, 6.07) is 4.07. The summed E-state index contributed by atoms with van der Waals surface area (Å²) in [5.74, 6) is -1.83. The Balaban J connectivity index is 2.42. The van der Waals surface area contributed by atoms with E-state index in [1.807, 2.05) is 0 Å². The number of Topliss-reactive ketones (excluding diaryl/α,β-unsaturated/α-hetero) is 1. The number of rotatable bonds is 3. The smallest absolute Gasteiger partial charge is 0.328 e. The van der Waals surface area contributed by atoms with Gasteiger partial charge in [-0.05, 0) is 32.0 Å². The highest BCUT2D eigenvalue weighted by molar-refractivity contribution is 9.10. The SMILES string of the molecule is CCOC(=O)C(C)N1C(=O)C(=O)c2ccc(Br)cc21. The number of ether oxygens (including phenoxy) is 1. The molecule has 0 fully saturated rings. The Bertz CT molecular complexity index is 570. The molecule has 0 radical (unpaired) electrons. The van der Waals surface area contributed by atoms with E-state index in [0.717, 1.165) is 4.47 Å². The third-order valence-corrected chi connectivity index (χ3v) is 3.39. The van der Waals surface area contributed by atoms with Crippen molar-refractivity contribution in [1.29, 1.82) is 0 Å². The second-order valence-corrected chi connectivity index (χ2v) is 5.01. The summed E-state index contributed by atoms with van der Waals surface area (Å²) < 4.78 is 5.62. The maximum Gasteiger partial charge on any atom is 0.328 e. The van der Waals surface area contributed by atoms with Crippen molar-refractivity contribution < 1.29 is 19.1 Å². The number of hydrogen-bond acceptors (Lipinski definition) is 4. The van der Waals surface area contributed by atoms with Crippen molar-refractivity contribution in [1.82, 2.24) is 0 Å². The normalized spacial score (nSPS) is 15.4. The van der Waals surface area contributed by atoms with Gasteiger partial charge in [0, 0.05) is 4.47 Å². The summed E-state index contributed by atoms with van der Waals surface area (Å²) in [6.07, 6.45) is 0. The number of esters is 1. The molecule has 100 valence electrons. The van der Waals surface area contributed by atoms with E-state index >= 15 is 0 Å². The van der Waals surface area contributed by atoms with Crippen molar-refractivity contribution in [3.8, 4) is 0 Å². The Labute approximate surface area is 118 Å². The van der Waals surface area contributed by atoms with E-state index in [0.29, 0.717) is 11.3 Å². The van der Waals surface area contributed by atoms with E-state index in [1.165, 1.54) is 4.90 Å². The first-order chi connectivity index (χ1) is 8.97. The highest BCUT2D eigenvalue weighted by Crippen LogP contribution is 2.33. The first-order valence-electron chi connectivity index (χ1n) is 5.81. The van der Waals surface area contributed by atoms with E-state index in [2.05, 4.69) is 15.9 Å². The fraction of sp³-hybridized carbons (Fsp3) is 0.308. The number of nitrogens with zero attached hydrogens (tertiary/aromatic N) is 1. The monoisotopic (exact) mass is 325 g/mol. The zero-order valence-electron chi connectivity index (χ0n) is 10.5. The molecular formula is C13H12BrNO4. The minimum Gasteiger partial charge on any atom is -0.464 e. The molecule has 1 aromatic carbocycles. The van der Waals surface area contributed by atoms with Gasteiger partial charge >= 0.3 is 5.97 Å². The molecule has 2 rings (SSSR count). The van der Waals surface area contributed by atoms with Crippen LogP contribution in [0.5, 0.6) is 0 Å². The molecule has 0 aromatic heterocycles. The zero-order chi connectivity index (χ0) is 14.2. The van der Waals surface area contributed by atoms with Crippen LogP contribution in [0.2, 0.25) is 0 Å². The number of halogens is 1. The highest BCUT2D eigenvalue weighted by Gasteiger charge is 2.41. The number of anilines is 1. The molecule has 1 unspecified atom stereocenters. The number of benzene rings is 1. The number of ketones is 1. The standard InChI is InChI=1S/C13H12BrNO4/c1-3-19-13(18)7(2)15-10-6-8(14)4-5-9(10)11(16)12(15)17/h4-7H,3H2,1-2H3. The fourth-order valence-electron chi connectivity index (χ4n) is 1.98. The van der Waals surface area contributed by atoms with Crippen molar-refractivity contribution in [3.05, 3.63) is 28.2 Å². The van der Waals surface area contributed by atoms with Gasteiger partial charge in [0.05, 0.1) is 17.9 Å². The van der Waals surface area contributed by atoms with E-state index in [4.69, 9.17) is 4.74 Å². The maximum absolute atomic E-state index is 12.0. The second kappa shape index (κ2) is 5.13. The number of carbonyl (C=O) groups is 3. The summed E-state index contributed by atoms with van der Waals surface area (Å²) in [5, 5.41) is 0. The van der Waals surface area contributed by atoms with Gasteiger partial charge in [-0.1, -0.05) is 15.9 Å². The zero-order valence-corrected chi connectivity index (χ0v) is 12.1. The predicted molar refractivity (Wildman–Crippen MR) is 72.1 cm³/mol. The molecule has 0 N–H and O–H groups in total. The molecule has 1 aliphatic rings. The molecule has 1 aliphatic heterocycles. The number of fused-ring (bicyclic) bond motifs is 1. The van der Waals surface area contributed by atoms with Gasteiger partial charge in [-0.25, -0.2) is 4.79 Å². The number of amides is 1. The molecule has 0 bridgehead atoms. The van der Waals surface area contributed by atoms with Gasteiger partial charge in [0.1, 0.15) is 6.04 Å². The third-order valence-electron chi connectivity index (χ3n) is 2.89. The van der Waals surface area contributed by atoms with Gasteiger partial charge in [0.2, 0.25) is 0 Å². The first-order valence-corrected chi connectivity index (χ1v) is 6.60. The van der Waals surface area contributed by atoms with Crippen molar-refractivity contribution in [2.24, 2.45) is 0 Å². The molecule has 5 nitrogen and oxygen atoms in total. The van der Waals surface area contributed by atoms with Crippen LogP contribution in [0.15, 0.2) is 22.7 Å². The van der Waals surface area contributed by atoms with Crippen LogP contribution in [0.3, 0.4) is 0 Å². The molecule has 1 amide bonds. The average Bonchev–Trinajstić information content (AvgIpc) is 2.61. The lowest BCUT2D eigenvalue weighted by molar-refractivity contribution is -0.145. The predicted octanol–water partition coefficient (Wildman–Crippen LogP) is 1.93. The summed E-state index contributed by atoms with van der Waals surface area (Å²) in [7, 11) is 0. The van der Waals surface area contributed by atoms with E-state index < -0.39 is 23.7 Å². The number of hydrogen-bond donors (Lipinski definition) is 0. The molecule has 1 atom stereocenters. The second-order valence-electron chi connectivity index (χ2n) is 4.09. The van der Waals surface area contributed by atoms with E-state index in [-0.39, 0.29) is 6.61 Å². The van der Waals surface area contributed by atoms with Crippen LogP contribution < -0.4 is 4.90 Å². The van der Waals surface area contributed by atoms with Crippen molar-refractivity contribution >= 4 is 39.3 Å². The van der Waals surface area contributed by atoms with Crippen LogP contribution in [-0.2, 0) is 14.3 Å². The van der Waals surface area contributed by atoms with Gasteiger partial charge in [-0.2, -0.15) is 0 Å². The highest BCUT2D eigenvalue weighted by atomic mass is 79.9. The van der Waals surface area contributed by atoms with Crippen LogP contribution >= 0.6 is 15.9 Å². The molecular weight excluding hydrogens is 314 g/mol. The quantitative estimate of drug-likeness (QED) is 0.629. The molecule has 1 heterocycles. The van der Waals surface area contributed by atoms with Crippen LogP contribution in [0.1, 0.15) is 24.2 Å². The molecule has 0 aliphatic carbocycles. The van der Waals surface area contributed by atoms with Crippen LogP contribution in [0, 0.1) is 0 Å². The minimum absolute atomic E-state index is 0.227. The van der Waals surface area contributed by atoms with Gasteiger partial charge in [-0.15, -0.1) is 0 Å². The molecule has 1 aromatic rings. The van der Waals surface area contributed by atoms with Crippen LogP contribution in [0.4, 0.5) is 5.69 Å². The summed E-state index contributed by atoms with van der Waals surface area (Å²) >= 11 is 3.28. The van der Waals surface area contributed by atoms with Gasteiger partial charge in [0.25, 0.3) is 11.7 Å². The fourth-order valence-corrected chi connectivity index (χ4v) is 2.33. The van der Waals surface area contributed by atoms with Crippen molar-refractivity contribution in [2.75, 3.05) is 11.5 Å². The lowest BCUT2D eigenvalue weighted by atomic mass is 10.1. The summed E-state index contributed by atoms with van der Waals surface area (Å²) in [5.41, 5.74) is 0.745. The van der Waals surface area contributed by atoms with Crippen LogP contribution in [0.25, 0.3) is 0 Å². The average molecular weight is 326 g/mol. The molecule has 0 saturated carbocycles. The lowest BCUT2D eigenvalue weighted by Gasteiger charge is -2.22. The molecule has 0 spiro atoms. The number of carbonyl (C=O) groups excluding carboxylic acids is 3. The van der Waals surface area contributed by atoms with Gasteiger partial charge in [0.15, 0.2) is 0 Å². The Morgan fingerprint density at radius 1 is 1.42 bits per heavy atom. The van der Waals surface area contributed by atoms with E-state index in [9.17, 15) is 14.4 Å². The summed E-state index contributed by atoms with van der Waals surface area (Å²) in [6.45, 7) is 3.45.